The number of benzene rings is 1. The van der Waals surface area contributed by atoms with Crippen LogP contribution >= 0.6 is 0 Å². The Labute approximate surface area is 115 Å². The molecule has 3 rings (SSSR count). The van der Waals surface area contributed by atoms with Crippen LogP contribution in [-0.4, -0.2) is 17.1 Å². The van der Waals surface area contributed by atoms with Crippen molar-refractivity contribution in [3.05, 3.63) is 57.3 Å². The van der Waals surface area contributed by atoms with Crippen molar-refractivity contribution in [2.24, 2.45) is 0 Å². The Morgan fingerprint density at radius 3 is 3.00 bits per heavy atom. The van der Waals surface area contributed by atoms with Crippen molar-refractivity contribution in [2.45, 2.75) is 6.42 Å². The van der Waals surface area contributed by atoms with E-state index in [0.717, 1.165) is 12.0 Å². The molecule has 4 nitrogen and oxygen atoms in total. The summed E-state index contributed by atoms with van der Waals surface area (Å²) in [5.41, 5.74) is 0.646. The Hall–Kier alpha value is -2.62. The molecule has 0 radical (unpaired) electrons. The van der Waals surface area contributed by atoms with Crippen LogP contribution in [0.5, 0.6) is 5.75 Å². The van der Waals surface area contributed by atoms with Crippen LogP contribution in [0, 0.1) is 0 Å². The zero-order chi connectivity index (χ0) is 13.9. The van der Waals surface area contributed by atoms with E-state index in [0.29, 0.717) is 22.1 Å². The minimum atomic E-state index is -0.129. The predicted molar refractivity (Wildman–Crippen MR) is 78.8 cm³/mol. The SMILES string of the molecule is COc1ccccc1-c1nc2c(c(=O)[nH]1)=CCC=CC=2. The average molecular weight is 266 g/mol. The summed E-state index contributed by atoms with van der Waals surface area (Å²) in [5, 5.41) is 1.30. The summed E-state index contributed by atoms with van der Waals surface area (Å²) in [6, 6.07) is 7.49. The lowest BCUT2D eigenvalue weighted by Gasteiger charge is -2.07. The third-order valence-corrected chi connectivity index (χ3v) is 3.20. The minimum absolute atomic E-state index is 0.129. The number of rotatable bonds is 2. The number of hydrogen-bond donors (Lipinski definition) is 1. The molecule has 1 aromatic heterocycles. The number of aromatic amines is 1. The van der Waals surface area contributed by atoms with Crippen LogP contribution < -0.4 is 20.9 Å². The van der Waals surface area contributed by atoms with E-state index in [1.807, 2.05) is 48.6 Å². The highest BCUT2D eigenvalue weighted by molar-refractivity contribution is 5.64. The van der Waals surface area contributed by atoms with Gasteiger partial charge in [-0.1, -0.05) is 30.4 Å². The summed E-state index contributed by atoms with van der Waals surface area (Å²) in [6.07, 6.45) is 8.38. The number of para-hydroxylation sites is 1. The number of aromatic nitrogens is 2. The van der Waals surface area contributed by atoms with E-state index in [2.05, 4.69) is 9.97 Å². The maximum atomic E-state index is 12.2. The average Bonchev–Trinajstić information content (AvgIpc) is 2.73. The molecule has 1 aliphatic rings. The van der Waals surface area contributed by atoms with Crippen molar-refractivity contribution in [1.82, 2.24) is 9.97 Å². The van der Waals surface area contributed by atoms with Gasteiger partial charge in [-0.15, -0.1) is 0 Å². The summed E-state index contributed by atoms with van der Waals surface area (Å²) >= 11 is 0. The fraction of sp³-hybridized carbons (Fsp3) is 0.125. The third-order valence-electron chi connectivity index (χ3n) is 3.20. The molecule has 0 unspecified atom stereocenters. The second kappa shape index (κ2) is 5.17. The standard InChI is InChI=1S/C16H14N2O2/c1-20-14-10-6-5-8-12(14)15-17-13-9-4-2-3-7-11(13)16(19)18-15/h2,4-10H,3H2,1H3,(H,17,18,19). The number of allylic oxidation sites excluding steroid dienone is 2. The summed E-state index contributed by atoms with van der Waals surface area (Å²) < 4.78 is 5.31. The van der Waals surface area contributed by atoms with Crippen LogP contribution in [-0.2, 0) is 0 Å². The molecule has 20 heavy (non-hydrogen) atoms. The van der Waals surface area contributed by atoms with Crippen molar-refractivity contribution in [3.8, 4) is 17.1 Å². The van der Waals surface area contributed by atoms with E-state index in [9.17, 15) is 4.79 Å². The van der Waals surface area contributed by atoms with Gasteiger partial charge in [0.15, 0.2) is 0 Å². The molecule has 0 saturated heterocycles. The molecule has 1 N–H and O–H groups in total. The molecule has 0 bridgehead atoms. The molecule has 4 heteroatoms. The van der Waals surface area contributed by atoms with E-state index in [4.69, 9.17) is 4.74 Å². The largest absolute Gasteiger partial charge is 0.496 e. The molecule has 0 saturated carbocycles. The third kappa shape index (κ3) is 2.16. The molecule has 0 fully saturated rings. The second-order valence-electron chi connectivity index (χ2n) is 4.45. The van der Waals surface area contributed by atoms with Crippen LogP contribution in [0.4, 0.5) is 0 Å². The quantitative estimate of drug-likeness (QED) is 0.881. The van der Waals surface area contributed by atoms with Gasteiger partial charge < -0.3 is 9.72 Å². The molecule has 1 heterocycles. The summed E-state index contributed by atoms with van der Waals surface area (Å²) in [4.78, 5) is 19.6. The molecule has 2 aromatic rings. The summed E-state index contributed by atoms with van der Waals surface area (Å²) in [6.45, 7) is 0. The molecule has 1 aliphatic carbocycles. The van der Waals surface area contributed by atoms with Gasteiger partial charge in [0.25, 0.3) is 5.56 Å². The van der Waals surface area contributed by atoms with Gasteiger partial charge in [-0.3, -0.25) is 4.79 Å². The lowest BCUT2D eigenvalue weighted by Crippen LogP contribution is -2.43. The van der Waals surface area contributed by atoms with Gasteiger partial charge in [0, 0.05) is 0 Å². The first kappa shape index (κ1) is 12.4. The van der Waals surface area contributed by atoms with E-state index >= 15 is 0 Å². The zero-order valence-corrected chi connectivity index (χ0v) is 11.1. The van der Waals surface area contributed by atoms with Crippen molar-refractivity contribution in [2.75, 3.05) is 7.11 Å². The summed E-state index contributed by atoms with van der Waals surface area (Å²) in [5.74, 6) is 1.20. The Morgan fingerprint density at radius 2 is 2.15 bits per heavy atom. The number of nitrogens with one attached hydrogen (secondary N) is 1. The topological polar surface area (TPSA) is 55.0 Å². The first-order chi connectivity index (χ1) is 9.79. The fourth-order valence-electron chi connectivity index (χ4n) is 2.22. The number of H-pyrrole nitrogens is 1. The first-order valence-electron chi connectivity index (χ1n) is 6.40. The Bertz CT molecular complexity index is 848. The second-order valence-corrected chi connectivity index (χ2v) is 4.45. The first-order valence-corrected chi connectivity index (χ1v) is 6.40. The van der Waals surface area contributed by atoms with Gasteiger partial charge in [-0.05, 0) is 24.6 Å². The van der Waals surface area contributed by atoms with E-state index < -0.39 is 0 Å². The van der Waals surface area contributed by atoms with Crippen molar-refractivity contribution in [3.63, 3.8) is 0 Å². The van der Waals surface area contributed by atoms with Crippen LogP contribution in [0.2, 0.25) is 0 Å². The normalized spacial score (nSPS) is 12.8. The van der Waals surface area contributed by atoms with Gasteiger partial charge in [0.2, 0.25) is 0 Å². The molecule has 100 valence electrons. The van der Waals surface area contributed by atoms with Gasteiger partial charge in [-0.2, -0.15) is 0 Å². The number of methoxy groups -OCH3 is 1. The van der Waals surface area contributed by atoms with Crippen LogP contribution in [0.15, 0.2) is 41.2 Å². The summed E-state index contributed by atoms with van der Waals surface area (Å²) in [7, 11) is 1.60. The molecular formula is C16H14N2O2. The Morgan fingerprint density at radius 1 is 1.30 bits per heavy atom. The molecule has 0 spiro atoms. The Kier molecular flexibility index (Phi) is 3.21. The lowest BCUT2D eigenvalue weighted by molar-refractivity contribution is 0.416. The smallest absolute Gasteiger partial charge is 0.258 e. The van der Waals surface area contributed by atoms with Gasteiger partial charge in [0.1, 0.15) is 11.6 Å². The molecule has 0 amide bonds. The van der Waals surface area contributed by atoms with Crippen LogP contribution in [0.25, 0.3) is 23.5 Å². The maximum Gasteiger partial charge on any atom is 0.258 e. The van der Waals surface area contributed by atoms with Gasteiger partial charge in [-0.25, -0.2) is 4.98 Å². The number of ether oxygens (including phenoxy) is 1. The highest BCUT2D eigenvalue weighted by Gasteiger charge is 2.08. The number of hydrogen-bond acceptors (Lipinski definition) is 3. The van der Waals surface area contributed by atoms with Crippen molar-refractivity contribution >= 4 is 12.2 Å². The van der Waals surface area contributed by atoms with Crippen molar-refractivity contribution < 1.29 is 4.74 Å². The van der Waals surface area contributed by atoms with E-state index in [1.54, 1.807) is 7.11 Å². The fourth-order valence-corrected chi connectivity index (χ4v) is 2.22. The van der Waals surface area contributed by atoms with E-state index in [-0.39, 0.29) is 5.56 Å². The monoisotopic (exact) mass is 266 g/mol. The highest BCUT2D eigenvalue weighted by Crippen LogP contribution is 2.25. The molecular weight excluding hydrogens is 252 g/mol. The maximum absolute atomic E-state index is 12.2. The minimum Gasteiger partial charge on any atom is -0.496 e. The highest BCUT2D eigenvalue weighted by atomic mass is 16.5. The molecule has 0 aliphatic heterocycles. The van der Waals surface area contributed by atoms with Crippen LogP contribution in [0.1, 0.15) is 6.42 Å². The Balaban J connectivity index is 2.30. The predicted octanol–water partition coefficient (Wildman–Crippen LogP) is 0.966. The molecule has 0 atom stereocenters. The number of fused-ring (bicyclic) bond motifs is 1. The number of nitrogens with zero attached hydrogens (tertiary/aromatic N) is 1. The molecule has 1 aromatic carbocycles. The van der Waals surface area contributed by atoms with Crippen molar-refractivity contribution in [1.29, 1.82) is 0 Å². The zero-order valence-electron chi connectivity index (χ0n) is 11.1. The van der Waals surface area contributed by atoms with Gasteiger partial charge in [0.05, 0.1) is 23.2 Å². The van der Waals surface area contributed by atoms with Gasteiger partial charge >= 0.3 is 0 Å². The lowest BCUT2D eigenvalue weighted by atomic mass is 10.2. The van der Waals surface area contributed by atoms with Crippen LogP contribution in [0.3, 0.4) is 0 Å². The van der Waals surface area contributed by atoms with E-state index in [1.165, 1.54) is 0 Å².